The molecule has 0 unspecified atom stereocenters. The molecular weight excluding hydrogens is 489 g/mol. The van der Waals surface area contributed by atoms with Crippen molar-refractivity contribution in [2.75, 3.05) is 6.61 Å². The van der Waals surface area contributed by atoms with Crippen molar-refractivity contribution < 1.29 is 13.9 Å². The van der Waals surface area contributed by atoms with E-state index in [1.165, 1.54) is 12.1 Å². The molecule has 0 fully saturated rings. The highest BCUT2D eigenvalue weighted by molar-refractivity contribution is 9.11. The van der Waals surface area contributed by atoms with Gasteiger partial charge in [0, 0.05) is 16.3 Å². The summed E-state index contributed by atoms with van der Waals surface area (Å²) in [4.78, 5) is 4.54. The molecule has 3 aromatic carbocycles. The number of halogens is 3. The van der Waals surface area contributed by atoms with E-state index < -0.39 is 0 Å². The van der Waals surface area contributed by atoms with Crippen molar-refractivity contribution >= 4 is 43.8 Å². The van der Waals surface area contributed by atoms with Crippen LogP contribution in [0.2, 0.25) is 0 Å². The minimum Gasteiger partial charge on any atom is -0.494 e. The lowest BCUT2D eigenvalue weighted by molar-refractivity contribution is 0.303. The van der Waals surface area contributed by atoms with Crippen LogP contribution in [-0.2, 0) is 6.61 Å². The smallest absolute Gasteiger partial charge is 0.142 e. The van der Waals surface area contributed by atoms with Gasteiger partial charge < -0.3 is 9.47 Å². The Kier molecular flexibility index (Phi) is 7.23. The van der Waals surface area contributed by atoms with E-state index in [0.717, 1.165) is 31.5 Å². The molecular formula is C22H18Br2FNO2. The Morgan fingerprint density at radius 1 is 0.964 bits per heavy atom. The van der Waals surface area contributed by atoms with Gasteiger partial charge in [-0.3, -0.25) is 4.99 Å². The van der Waals surface area contributed by atoms with Gasteiger partial charge in [-0.05, 0) is 76.9 Å². The minimum absolute atomic E-state index is 0.267. The maximum atomic E-state index is 13.1. The molecule has 3 rings (SSSR count). The molecule has 0 N–H and O–H groups in total. The van der Waals surface area contributed by atoms with Crippen LogP contribution in [0.4, 0.5) is 10.1 Å². The summed E-state index contributed by atoms with van der Waals surface area (Å²) in [6.45, 7) is 2.90. The lowest BCUT2D eigenvalue weighted by Crippen LogP contribution is -2.00. The van der Waals surface area contributed by atoms with Crippen LogP contribution in [0.15, 0.2) is 74.6 Å². The molecule has 0 atom stereocenters. The van der Waals surface area contributed by atoms with Crippen LogP contribution >= 0.6 is 31.9 Å². The van der Waals surface area contributed by atoms with E-state index in [9.17, 15) is 4.39 Å². The highest BCUT2D eigenvalue weighted by atomic mass is 79.9. The van der Waals surface area contributed by atoms with Gasteiger partial charge in [0.1, 0.15) is 23.9 Å². The summed E-state index contributed by atoms with van der Waals surface area (Å²) in [7, 11) is 0. The second-order valence-corrected chi connectivity index (χ2v) is 7.68. The Morgan fingerprint density at radius 2 is 1.68 bits per heavy atom. The van der Waals surface area contributed by atoms with Crippen LogP contribution in [0.25, 0.3) is 0 Å². The van der Waals surface area contributed by atoms with Gasteiger partial charge in [-0.1, -0.05) is 28.1 Å². The van der Waals surface area contributed by atoms with Crippen molar-refractivity contribution in [2.45, 2.75) is 13.5 Å². The van der Waals surface area contributed by atoms with Crippen LogP contribution in [0.1, 0.15) is 18.1 Å². The second kappa shape index (κ2) is 9.85. The predicted molar refractivity (Wildman–Crippen MR) is 117 cm³/mol. The van der Waals surface area contributed by atoms with E-state index in [0.29, 0.717) is 19.0 Å². The third-order valence-electron chi connectivity index (χ3n) is 3.83. The van der Waals surface area contributed by atoms with Gasteiger partial charge in [-0.15, -0.1) is 0 Å². The van der Waals surface area contributed by atoms with E-state index in [4.69, 9.17) is 9.47 Å². The Labute approximate surface area is 180 Å². The van der Waals surface area contributed by atoms with Gasteiger partial charge in [-0.25, -0.2) is 4.39 Å². The Hall–Kier alpha value is -2.18. The molecule has 0 heterocycles. The number of aliphatic imine (C=N–C) groups is 1. The molecule has 28 heavy (non-hydrogen) atoms. The van der Waals surface area contributed by atoms with Crippen LogP contribution in [0.3, 0.4) is 0 Å². The first-order chi connectivity index (χ1) is 13.5. The zero-order valence-electron chi connectivity index (χ0n) is 15.2. The maximum absolute atomic E-state index is 13.1. The summed E-state index contributed by atoms with van der Waals surface area (Å²) < 4.78 is 26.2. The number of hydrogen-bond acceptors (Lipinski definition) is 3. The van der Waals surface area contributed by atoms with E-state index >= 15 is 0 Å². The summed E-state index contributed by atoms with van der Waals surface area (Å²) >= 11 is 7.04. The lowest BCUT2D eigenvalue weighted by atomic mass is 10.2. The average Bonchev–Trinajstić information content (AvgIpc) is 2.68. The maximum Gasteiger partial charge on any atom is 0.142 e. The Morgan fingerprint density at radius 3 is 2.36 bits per heavy atom. The molecule has 0 amide bonds. The van der Waals surface area contributed by atoms with Crippen molar-refractivity contribution in [3.63, 3.8) is 0 Å². The molecule has 0 bridgehead atoms. The van der Waals surface area contributed by atoms with Crippen LogP contribution in [0.5, 0.6) is 11.5 Å². The molecule has 6 heteroatoms. The first kappa shape index (κ1) is 20.6. The molecule has 0 spiro atoms. The zero-order chi connectivity index (χ0) is 19.9. The fraction of sp³-hybridized carbons (Fsp3) is 0.136. The first-order valence-corrected chi connectivity index (χ1v) is 10.3. The molecule has 3 nitrogen and oxygen atoms in total. The lowest BCUT2D eigenvalue weighted by Gasteiger charge is -2.12. The van der Waals surface area contributed by atoms with Crippen LogP contribution in [0, 0.1) is 5.82 Å². The van der Waals surface area contributed by atoms with Crippen molar-refractivity contribution in [1.29, 1.82) is 0 Å². The Bertz CT molecular complexity index is 958. The summed E-state index contributed by atoms with van der Waals surface area (Å²) in [5.41, 5.74) is 2.51. The number of benzene rings is 3. The summed E-state index contributed by atoms with van der Waals surface area (Å²) in [5.74, 6) is 1.22. The summed E-state index contributed by atoms with van der Waals surface area (Å²) in [5, 5.41) is 0. The highest BCUT2D eigenvalue weighted by Crippen LogP contribution is 2.33. The standard InChI is InChI=1S/C22H18Br2FNO2/c1-2-27-20-9-7-19(8-10-20)26-13-16-11-17(23)12-21(24)22(16)28-14-15-3-5-18(25)6-4-15/h3-13H,2,14H2,1H3. The first-order valence-electron chi connectivity index (χ1n) is 8.68. The van der Waals surface area contributed by atoms with Crippen molar-refractivity contribution in [3.8, 4) is 11.5 Å². The fourth-order valence-electron chi connectivity index (χ4n) is 2.50. The molecule has 0 aromatic heterocycles. The highest BCUT2D eigenvalue weighted by Gasteiger charge is 2.10. The molecule has 3 aromatic rings. The van der Waals surface area contributed by atoms with Crippen LogP contribution in [-0.4, -0.2) is 12.8 Å². The predicted octanol–water partition coefficient (Wildman–Crippen LogP) is 7.08. The average molecular weight is 507 g/mol. The topological polar surface area (TPSA) is 30.8 Å². The number of ether oxygens (including phenoxy) is 2. The van der Waals surface area contributed by atoms with E-state index in [1.54, 1.807) is 18.3 Å². The molecule has 0 aliphatic rings. The quantitative estimate of drug-likeness (QED) is 0.320. The van der Waals surface area contributed by atoms with Gasteiger partial charge >= 0.3 is 0 Å². The SMILES string of the molecule is CCOc1ccc(N=Cc2cc(Br)cc(Br)c2OCc2ccc(F)cc2)cc1. The molecule has 144 valence electrons. The van der Waals surface area contributed by atoms with Crippen molar-refractivity contribution in [1.82, 2.24) is 0 Å². The van der Waals surface area contributed by atoms with Gasteiger partial charge in [0.05, 0.1) is 16.8 Å². The summed E-state index contributed by atoms with van der Waals surface area (Å²) in [6.07, 6.45) is 1.76. The van der Waals surface area contributed by atoms with Gasteiger partial charge in [0.15, 0.2) is 0 Å². The van der Waals surface area contributed by atoms with Gasteiger partial charge in [0.2, 0.25) is 0 Å². The normalized spacial score (nSPS) is 11.0. The van der Waals surface area contributed by atoms with Gasteiger partial charge in [0.25, 0.3) is 0 Å². The molecule has 0 aliphatic heterocycles. The second-order valence-electron chi connectivity index (χ2n) is 5.91. The van der Waals surface area contributed by atoms with Gasteiger partial charge in [-0.2, -0.15) is 0 Å². The Balaban J connectivity index is 1.80. The van der Waals surface area contributed by atoms with E-state index in [1.807, 2.05) is 43.3 Å². The van der Waals surface area contributed by atoms with E-state index in [-0.39, 0.29) is 5.82 Å². The number of rotatable bonds is 7. The number of nitrogens with zero attached hydrogens (tertiary/aromatic N) is 1. The van der Waals surface area contributed by atoms with Crippen molar-refractivity contribution in [3.05, 3.63) is 86.6 Å². The fourth-order valence-corrected chi connectivity index (χ4v) is 3.88. The zero-order valence-corrected chi connectivity index (χ0v) is 18.3. The molecule has 0 saturated carbocycles. The van der Waals surface area contributed by atoms with E-state index in [2.05, 4.69) is 36.9 Å². The largest absolute Gasteiger partial charge is 0.494 e. The van der Waals surface area contributed by atoms with Crippen molar-refractivity contribution in [2.24, 2.45) is 4.99 Å². The van der Waals surface area contributed by atoms with Crippen LogP contribution < -0.4 is 9.47 Å². The third kappa shape index (κ3) is 5.66. The molecule has 0 radical (unpaired) electrons. The molecule has 0 aliphatic carbocycles. The third-order valence-corrected chi connectivity index (χ3v) is 4.88. The minimum atomic E-state index is -0.267. The molecule has 0 saturated heterocycles. The summed E-state index contributed by atoms with van der Waals surface area (Å²) in [6, 6.07) is 17.7. The monoisotopic (exact) mass is 505 g/mol. The number of hydrogen-bond donors (Lipinski definition) is 0.